The zero-order valence-corrected chi connectivity index (χ0v) is 13.0. The molecule has 0 unspecified atom stereocenters. The van der Waals surface area contributed by atoms with Crippen molar-refractivity contribution >= 4 is 21.4 Å². The van der Waals surface area contributed by atoms with Crippen molar-refractivity contribution < 1.29 is 12.8 Å². The van der Waals surface area contributed by atoms with Crippen LogP contribution in [-0.4, -0.2) is 18.2 Å². The number of halogens is 1. The van der Waals surface area contributed by atoms with Gasteiger partial charge in [-0.05, 0) is 38.5 Å². The van der Waals surface area contributed by atoms with Gasteiger partial charge in [-0.1, -0.05) is 0 Å². The topological polar surface area (TPSA) is 90.0 Å². The molecule has 0 aliphatic rings. The Morgan fingerprint density at radius 3 is 2.38 bits per heavy atom. The van der Waals surface area contributed by atoms with Crippen LogP contribution in [0.2, 0.25) is 0 Å². The fourth-order valence-corrected chi connectivity index (χ4v) is 3.33. The van der Waals surface area contributed by atoms with Crippen molar-refractivity contribution in [1.29, 1.82) is 0 Å². The van der Waals surface area contributed by atoms with Crippen LogP contribution in [0.25, 0.3) is 0 Å². The summed E-state index contributed by atoms with van der Waals surface area (Å²) in [6.45, 7) is 4.92. The van der Waals surface area contributed by atoms with Gasteiger partial charge in [0.15, 0.2) is 0 Å². The average Bonchev–Trinajstić information content (AvgIpc) is 2.62. The van der Waals surface area contributed by atoms with Crippen molar-refractivity contribution in [2.45, 2.75) is 25.7 Å². The highest BCUT2D eigenvalue weighted by atomic mass is 32.2. The Balaban J connectivity index is 2.48. The van der Waals surface area contributed by atoms with Crippen LogP contribution in [0, 0.1) is 26.6 Å². The molecule has 0 saturated carbocycles. The Morgan fingerprint density at radius 2 is 1.90 bits per heavy atom. The highest BCUT2D eigenvalue weighted by Crippen LogP contribution is 2.25. The molecule has 0 saturated heterocycles. The Labute approximate surface area is 122 Å². The van der Waals surface area contributed by atoms with Crippen LogP contribution >= 0.6 is 0 Å². The first-order valence-electron chi connectivity index (χ1n) is 6.22. The van der Waals surface area contributed by atoms with Gasteiger partial charge in [-0.3, -0.25) is 9.40 Å². The van der Waals surface area contributed by atoms with E-state index in [-0.39, 0.29) is 16.1 Å². The second-order valence-electron chi connectivity index (χ2n) is 4.92. The second-order valence-corrected chi connectivity index (χ2v) is 6.60. The molecule has 21 heavy (non-hydrogen) atoms. The molecule has 0 bridgehead atoms. The van der Waals surface area contributed by atoms with Crippen molar-refractivity contribution in [1.82, 2.24) is 9.78 Å². The Bertz CT molecular complexity index is 789. The monoisotopic (exact) mass is 312 g/mol. The predicted molar refractivity (Wildman–Crippen MR) is 79.0 cm³/mol. The van der Waals surface area contributed by atoms with Crippen molar-refractivity contribution in [3.05, 3.63) is 34.9 Å². The van der Waals surface area contributed by atoms with Gasteiger partial charge < -0.3 is 5.73 Å². The molecule has 6 nitrogen and oxygen atoms in total. The molecule has 2 rings (SSSR count). The number of rotatable bonds is 3. The molecule has 0 radical (unpaired) electrons. The minimum Gasteiger partial charge on any atom is -0.396 e. The van der Waals surface area contributed by atoms with E-state index in [1.165, 1.54) is 13.0 Å². The molecule has 8 heteroatoms. The van der Waals surface area contributed by atoms with Gasteiger partial charge in [-0.25, -0.2) is 12.8 Å². The lowest BCUT2D eigenvalue weighted by Crippen LogP contribution is -2.15. The first kappa shape index (κ1) is 15.3. The molecule has 0 amide bonds. The number of aryl methyl sites for hydroxylation is 3. The van der Waals surface area contributed by atoms with E-state index >= 15 is 0 Å². The van der Waals surface area contributed by atoms with Crippen LogP contribution in [0.15, 0.2) is 17.0 Å². The van der Waals surface area contributed by atoms with Crippen LogP contribution in [0.5, 0.6) is 0 Å². The fourth-order valence-electron chi connectivity index (χ4n) is 2.03. The zero-order chi connectivity index (χ0) is 15.9. The molecular weight excluding hydrogens is 295 g/mol. The van der Waals surface area contributed by atoms with Gasteiger partial charge >= 0.3 is 0 Å². The number of nitrogens with zero attached hydrogens (tertiary/aromatic N) is 2. The summed E-state index contributed by atoms with van der Waals surface area (Å²) < 4.78 is 42.4. The summed E-state index contributed by atoms with van der Waals surface area (Å²) in [5, 5.41) is 4.14. The lowest BCUT2D eigenvalue weighted by Gasteiger charge is -2.10. The highest BCUT2D eigenvalue weighted by Gasteiger charge is 2.21. The van der Waals surface area contributed by atoms with Gasteiger partial charge in [0.2, 0.25) is 0 Å². The third kappa shape index (κ3) is 2.71. The van der Waals surface area contributed by atoms with E-state index in [1.54, 1.807) is 25.6 Å². The normalized spacial score (nSPS) is 11.7. The number of nitrogen functional groups attached to an aromatic ring is 1. The van der Waals surface area contributed by atoms with Gasteiger partial charge in [-0.15, -0.1) is 0 Å². The number of hydrogen-bond donors (Lipinski definition) is 2. The third-order valence-electron chi connectivity index (χ3n) is 3.31. The number of benzene rings is 1. The van der Waals surface area contributed by atoms with Crippen molar-refractivity contribution in [3.8, 4) is 0 Å². The van der Waals surface area contributed by atoms with Gasteiger partial charge in [0.05, 0.1) is 27.7 Å². The summed E-state index contributed by atoms with van der Waals surface area (Å²) in [5.74, 6) is -0.609. The standard InChI is InChI=1S/C13H17FN4O2S/c1-7-5-10(6-11(15)12(7)14)21(19,20)17-13-8(2)16-18(4)9(13)3/h5-6,17H,15H2,1-4H3. The largest absolute Gasteiger partial charge is 0.396 e. The molecule has 1 heterocycles. The predicted octanol–water partition coefficient (Wildman–Crippen LogP) is 1.87. The van der Waals surface area contributed by atoms with E-state index < -0.39 is 15.8 Å². The van der Waals surface area contributed by atoms with Crippen LogP contribution in [0.4, 0.5) is 15.8 Å². The van der Waals surface area contributed by atoms with Crippen LogP contribution in [0.3, 0.4) is 0 Å². The van der Waals surface area contributed by atoms with Gasteiger partial charge in [-0.2, -0.15) is 5.10 Å². The van der Waals surface area contributed by atoms with E-state index in [0.29, 0.717) is 17.1 Å². The smallest absolute Gasteiger partial charge is 0.262 e. The number of hydrogen-bond acceptors (Lipinski definition) is 4. The number of nitrogens with two attached hydrogens (primary N) is 1. The molecular formula is C13H17FN4O2S. The molecule has 0 fully saturated rings. The maximum atomic E-state index is 13.5. The Morgan fingerprint density at radius 1 is 1.29 bits per heavy atom. The summed E-state index contributed by atoms with van der Waals surface area (Å²) in [4.78, 5) is -0.0819. The Hall–Kier alpha value is -2.09. The van der Waals surface area contributed by atoms with E-state index in [4.69, 9.17) is 5.73 Å². The third-order valence-corrected chi connectivity index (χ3v) is 4.64. The van der Waals surface area contributed by atoms with E-state index in [1.807, 2.05) is 0 Å². The van der Waals surface area contributed by atoms with Crippen molar-refractivity contribution in [2.24, 2.45) is 7.05 Å². The molecule has 0 atom stereocenters. The lowest BCUT2D eigenvalue weighted by atomic mass is 10.2. The fraction of sp³-hybridized carbons (Fsp3) is 0.308. The molecule has 1 aromatic carbocycles. The maximum Gasteiger partial charge on any atom is 0.262 e. The Kier molecular flexibility index (Phi) is 3.66. The molecule has 1 aromatic heterocycles. The maximum absolute atomic E-state index is 13.5. The first-order valence-corrected chi connectivity index (χ1v) is 7.70. The SMILES string of the molecule is Cc1cc(S(=O)(=O)Nc2c(C)nn(C)c2C)cc(N)c1F. The van der Waals surface area contributed by atoms with Gasteiger partial charge in [0.1, 0.15) is 5.82 Å². The molecule has 2 aromatic rings. The zero-order valence-electron chi connectivity index (χ0n) is 12.2. The summed E-state index contributed by atoms with van der Waals surface area (Å²) >= 11 is 0. The molecule has 114 valence electrons. The average molecular weight is 312 g/mol. The van der Waals surface area contributed by atoms with Crippen molar-refractivity contribution in [2.75, 3.05) is 10.5 Å². The molecule has 0 aliphatic carbocycles. The molecule has 3 N–H and O–H groups in total. The first-order chi connectivity index (χ1) is 9.63. The minimum atomic E-state index is -3.86. The summed E-state index contributed by atoms with van der Waals surface area (Å²) in [7, 11) is -2.13. The van der Waals surface area contributed by atoms with Crippen molar-refractivity contribution in [3.63, 3.8) is 0 Å². The summed E-state index contributed by atoms with van der Waals surface area (Å²) in [6, 6.07) is 2.35. The quantitative estimate of drug-likeness (QED) is 0.847. The van der Waals surface area contributed by atoms with Gasteiger partial charge in [0, 0.05) is 7.05 Å². The highest BCUT2D eigenvalue weighted by molar-refractivity contribution is 7.92. The second kappa shape index (κ2) is 5.03. The number of aromatic nitrogens is 2. The van der Waals surface area contributed by atoms with Crippen LogP contribution in [-0.2, 0) is 17.1 Å². The minimum absolute atomic E-state index is 0.0819. The van der Waals surface area contributed by atoms with Gasteiger partial charge in [0.25, 0.3) is 10.0 Å². The van der Waals surface area contributed by atoms with E-state index in [9.17, 15) is 12.8 Å². The van der Waals surface area contributed by atoms with E-state index in [0.717, 1.165) is 6.07 Å². The number of nitrogens with one attached hydrogen (secondary N) is 1. The lowest BCUT2D eigenvalue weighted by molar-refractivity contribution is 0.599. The van der Waals surface area contributed by atoms with Crippen LogP contribution in [0.1, 0.15) is 17.0 Å². The molecule has 0 aliphatic heterocycles. The van der Waals surface area contributed by atoms with Crippen LogP contribution < -0.4 is 10.5 Å². The summed E-state index contributed by atoms with van der Waals surface area (Å²) in [5.41, 5.74) is 7.13. The van der Waals surface area contributed by atoms with E-state index in [2.05, 4.69) is 9.82 Å². The number of sulfonamides is 1. The number of anilines is 2. The summed E-state index contributed by atoms with van der Waals surface area (Å²) in [6.07, 6.45) is 0. The molecule has 0 spiro atoms.